The number of ether oxygens (including phenoxy) is 1. The minimum Gasteiger partial charge on any atom is -0.491 e. The Hall–Kier alpha value is -0.970. The fourth-order valence-corrected chi connectivity index (χ4v) is 3.11. The molecule has 1 aromatic rings. The second-order valence-electron chi connectivity index (χ2n) is 5.41. The van der Waals surface area contributed by atoms with Crippen LogP contribution in [0.3, 0.4) is 0 Å². The van der Waals surface area contributed by atoms with Crippen LogP contribution >= 0.6 is 23.2 Å². The lowest BCUT2D eigenvalue weighted by molar-refractivity contribution is -0.132. The van der Waals surface area contributed by atoms with E-state index in [0.29, 0.717) is 41.3 Å². The van der Waals surface area contributed by atoms with Crippen molar-refractivity contribution in [2.75, 3.05) is 19.7 Å². The van der Waals surface area contributed by atoms with Crippen LogP contribution in [0.5, 0.6) is 5.75 Å². The molecule has 1 heterocycles. The van der Waals surface area contributed by atoms with Gasteiger partial charge < -0.3 is 15.4 Å². The van der Waals surface area contributed by atoms with Gasteiger partial charge in [0.25, 0.3) is 0 Å². The molecule has 0 aromatic heterocycles. The van der Waals surface area contributed by atoms with Crippen LogP contribution in [0.1, 0.15) is 19.8 Å². The number of carbonyl (C=O) groups excluding carboxylic acids is 1. The van der Waals surface area contributed by atoms with E-state index in [4.69, 9.17) is 33.7 Å². The third-order valence-electron chi connectivity index (χ3n) is 3.78. The number of rotatable bonds is 5. The predicted molar refractivity (Wildman–Crippen MR) is 84.9 cm³/mol. The van der Waals surface area contributed by atoms with Crippen LogP contribution in [0.25, 0.3) is 0 Å². The molecule has 0 radical (unpaired) electrons. The average molecular weight is 331 g/mol. The van der Waals surface area contributed by atoms with Crippen molar-refractivity contribution < 1.29 is 9.53 Å². The van der Waals surface area contributed by atoms with Gasteiger partial charge in [0.15, 0.2) is 0 Å². The Morgan fingerprint density at radius 1 is 1.48 bits per heavy atom. The molecule has 4 nitrogen and oxygen atoms in total. The van der Waals surface area contributed by atoms with Gasteiger partial charge in [0.05, 0.1) is 18.1 Å². The zero-order valence-electron chi connectivity index (χ0n) is 12.0. The van der Waals surface area contributed by atoms with Crippen molar-refractivity contribution in [1.82, 2.24) is 4.90 Å². The number of nitrogens with zero attached hydrogens (tertiary/aromatic N) is 1. The van der Waals surface area contributed by atoms with Gasteiger partial charge in [0.1, 0.15) is 5.75 Å². The summed E-state index contributed by atoms with van der Waals surface area (Å²) >= 11 is 11.8. The van der Waals surface area contributed by atoms with E-state index in [1.54, 1.807) is 18.2 Å². The molecule has 116 valence electrons. The molecule has 2 atom stereocenters. The van der Waals surface area contributed by atoms with Gasteiger partial charge in [-0.25, -0.2) is 0 Å². The normalized spacial score (nSPS) is 21.6. The largest absolute Gasteiger partial charge is 0.491 e. The first-order valence-corrected chi connectivity index (χ1v) is 7.84. The number of nitrogens with two attached hydrogens (primary N) is 1. The van der Waals surface area contributed by atoms with Crippen LogP contribution in [0.4, 0.5) is 0 Å². The van der Waals surface area contributed by atoms with Crippen molar-refractivity contribution in [3.05, 3.63) is 28.2 Å². The number of amides is 1. The topological polar surface area (TPSA) is 55.6 Å². The highest BCUT2D eigenvalue weighted by Gasteiger charge is 2.31. The number of hydrogen-bond acceptors (Lipinski definition) is 3. The molecule has 1 amide bonds. The number of benzene rings is 1. The predicted octanol–water partition coefficient (Wildman–Crippen LogP) is 2.96. The van der Waals surface area contributed by atoms with E-state index in [0.717, 1.165) is 13.0 Å². The molecule has 0 aliphatic carbocycles. The summed E-state index contributed by atoms with van der Waals surface area (Å²) in [5.41, 5.74) is 5.68. The number of hydrogen-bond donors (Lipinski definition) is 1. The Morgan fingerprint density at radius 2 is 2.24 bits per heavy atom. The molecule has 2 N–H and O–H groups in total. The van der Waals surface area contributed by atoms with Gasteiger partial charge in [-0.15, -0.1) is 0 Å². The highest BCUT2D eigenvalue weighted by Crippen LogP contribution is 2.28. The Kier molecular flexibility index (Phi) is 5.73. The van der Waals surface area contributed by atoms with Crippen molar-refractivity contribution >= 4 is 29.1 Å². The molecular weight excluding hydrogens is 311 g/mol. The van der Waals surface area contributed by atoms with Crippen LogP contribution in [0.15, 0.2) is 18.2 Å². The van der Waals surface area contributed by atoms with Gasteiger partial charge in [0.2, 0.25) is 5.91 Å². The third-order valence-corrected chi connectivity index (χ3v) is 4.31. The third kappa shape index (κ3) is 4.25. The molecule has 0 spiro atoms. The summed E-state index contributed by atoms with van der Waals surface area (Å²) in [4.78, 5) is 14.1. The Balaban J connectivity index is 1.82. The van der Waals surface area contributed by atoms with Crippen molar-refractivity contribution in [3.8, 4) is 5.75 Å². The molecule has 6 heteroatoms. The Labute approximate surface area is 135 Å². The molecule has 1 aliphatic rings. The molecular formula is C15H20Cl2N2O2. The molecule has 2 unspecified atom stereocenters. The lowest BCUT2D eigenvalue weighted by Gasteiger charge is -2.21. The highest BCUT2D eigenvalue weighted by molar-refractivity contribution is 6.35. The van der Waals surface area contributed by atoms with Crippen molar-refractivity contribution in [2.24, 2.45) is 11.7 Å². The standard InChI is InChI=1S/C15H20Cl2N2O2/c1-10-6-11(8-18)9-19(10)15(20)4-5-21-14-3-2-12(16)7-13(14)17/h2-3,7,10-11H,4-6,8-9,18H2,1H3. The summed E-state index contributed by atoms with van der Waals surface area (Å²) in [5, 5.41) is 1.01. The molecule has 1 fully saturated rings. The lowest BCUT2D eigenvalue weighted by Crippen LogP contribution is -2.35. The van der Waals surface area contributed by atoms with Crippen LogP contribution in [-0.4, -0.2) is 36.5 Å². The Morgan fingerprint density at radius 3 is 2.86 bits per heavy atom. The fourth-order valence-electron chi connectivity index (χ4n) is 2.64. The van der Waals surface area contributed by atoms with Gasteiger partial charge in [-0.05, 0) is 44.0 Å². The zero-order valence-corrected chi connectivity index (χ0v) is 13.5. The number of halogens is 2. The summed E-state index contributed by atoms with van der Waals surface area (Å²) in [6.45, 7) is 3.74. The van der Waals surface area contributed by atoms with Crippen molar-refractivity contribution in [2.45, 2.75) is 25.8 Å². The summed E-state index contributed by atoms with van der Waals surface area (Å²) < 4.78 is 5.55. The van der Waals surface area contributed by atoms with E-state index in [2.05, 4.69) is 6.92 Å². The monoisotopic (exact) mass is 330 g/mol. The first-order chi connectivity index (χ1) is 10.0. The summed E-state index contributed by atoms with van der Waals surface area (Å²) in [6.07, 6.45) is 1.31. The van der Waals surface area contributed by atoms with Gasteiger partial charge in [-0.2, -0.15) is 0 Å². The minimum absolute atomic E-state index is 0.100. The molecule has 0 bridgehead atoms. The van der Waals surface area contributed by atoms with Crippen LogP contribution in [0.2, 0.25) is 10.0 Å². The first-order valence-electron chi connectivity index (χ1n) is 7.08. The lowest BCUT2D eigenvalue weighted by atomic mass is 10.1. The molecule has 0 saturated carbocycles. The van der Waals surface area contributed by atoms with Crippen LogP contribution < -0.4 is 10.5 Å². The Bertz CT molecular complexity index is 510. The van der Waals surface area contributed by atoms with Gasteiger partial charge in [-0.3, -0.25) is 4.79 Å². The quantitative estimate of drug-likeness (QED) is 0.902. The average Bonchev–Trinajstić information content (AvgIpc) is 2.82. The fraction of sp³-hybridized carbons (Fsp3) is 0.533. The highest BCUT2D eigenvalue weighted by atomic mass is 35.5. The minimum atomic E-state index is 0.100. The summed E-state index contributed by atoms with van der Waals surface area (Å²) in [5.74, 6) is 1.06. The zero-order chi connectivity index (χ0) is 15.4. The van der Waals surface area contributed by atoms with Crippen LogP contribution in [-0.2, 0) is 4.79 Å². The smallest absolute Gasteiger partial charge is 0.226 e. The maximum absolute atomic E-state index is 12.2. The number of likely N-dealkylation sites (tertiary alicyclic amines) is 1. The van der Waals surface area contributed by atoms with E-state index in [-0.39, 0.29) is 11.9 Å². The van der Waals surface area contributed by atoms with Crippen molar-refractivity contribution in [3.63, 3.8) is 0 Å². The molecule has 2 rings (SSSR count). The van der Waals surface area contributed by atoms with E-state index in [1.807, 2.05) is 4.90 Å². The maximum Gasteiger partial charge on any atom is 0.226 e. The van der Waals surface area contributed by atoms with Crippen molar-refractivity contribution in [1.29, 1.82) is 0 Å². The second kappa shape index (κ2) is 7.34. The van der Waals surface area contributed by atoms with E-state index in [9.17, 15) is 4.79 Å². The van der Waals surface area contributed by atoms with Gasteiger partial charge in [0, 0.05) is 17.6 Å². The summed E-state index contributed by atoms with van der Waals surface area (Å²) in [7, 11) is 0. The molecule has 1 aromatic carbocycles. The van der Waals surface area contributed by atoms with Gasteiger partial charge in [-0.1, -0.05) is 23.2 Å². The number of carbonyl (C=O) groups is 1. The SMILES string of the molecule is CC1CC(CN)CN1C(=O)CCOc1ccc(Cl)cc1Cl. The maximum atomic E-state index is 12.2. The van der Waals surface area contributed by atoms with E-state index < -0.39 is 0 Å². The molecule has 21 heavy (non-hydrogen) atoms. The first kappa shape index (κ1) is 16.4. The molecule has 1 aliphatic heterocycles. The van der Waals surface area contributed by atoms with E-state index in [1.165, 1.54) is 0 Å². The molecule has 1 saturated heterocycles. The van der Waals surface area contributed by atoms with Gasteiger partial charge >= 0.3 is 0 Å². The van der Waals surface area contributed by atoms with E-state index >= 15 is 0 Å². The van der Waals surface area contributed by atoms with Crippen LogP contribution in [0, 0.1) is 5.92 Å². The second-order valence-corrected chi connectivity index (χ2v) is 6.25. The summed E-state index contributed by atoms with van der Waals surface area (Å²) in [6, 6.07) is 5.29.